The van der Waals surface area contributed by atoms with E-state index in [1.807, 2.05) is 42.7 Å². The lowest BCUT2D eigenvalue weighted by Gasteiger charge is -2.24. The molecule has 2 aromatic heterocycles. The molecule has 7 nitrogen and oxygen atoms in total. The Hall–Kier alpha value is -2.70. The topological polar surface area (TPSA) is 77.1 Å². The molecular formula is C18H23N5O2. The first-order valence-corrected chi connectivity index (χ1v) is 8.65. The molecule has 1 atom stereocenters. The molecule has 1 aromatic carbocycles. The summed E-state index contributed by atoms with van der Waals surface area (Å²) in [6.45, 7) is 6.82. The number of hydrogen-bond donors (Lipinski definition) is 0. The number of imidazole rings is 1. The largest absolute Gasteiger partial charge is 0.339 e. The van der Waals surface area contributed by atoms with Crippen molar-refractivity contribution in [2.45, 2.75) is 46.2 Å². The Bertz CT molecular complexity index is 854. The lowest BCUT2D eigenvalue weighted by atomic mass is 10.2. The highest BCUT2D eigenvalue weighted by Crippen LogP contribution is 2.19. The average molecular weight is 341 g/mol. The van der Waals surface area contributed by atoms with Gasteiger partial charge in [0.1, 0.15) is 6.04 Å². The zero-order chi connectivity index (χ0) is 17.8. The van der Waals surface area contributed by atoms with Crippen molar-refractivity contribution in [3.05, 3.63) is 42.3 Å². The van der Waals surface area contributed by atoms with Crippen LogP contribution in [0, 0.1) is 0 Å². The summed E-state index contributed by atoms with van der Waals surface area (Å²) in [7, 11) is 0. The summed E-state index contributed by atoms with van der Waals surface area (Å²) >= 11 is 0. The summed E-state index contributed by atoms with van der Waals surface area (Å²) in [5.74, 6) is 1.17. The highest BCUT2D eigenvalue weighted by molar-refractivity contribution is 5.83. The fraction of sp³-hybridized carbons (Fsp3) is 0.444. The second-order valence-electron chi connectivity index (χ2n) is 6.02. The number of carbonyl (C=O) groups excluding carboxylic acids is 1. The minimum Gasteiger partial charge on any atom is -0.339 e. The number of hydrogen-bond acceptors (Lipinski definition) is 5. The first-order valence-electron chi connectivity index (χ1n) is 8.65. The van der Waals surface area contributed by atoms with Crippen molar-refractivity contribution < 1.29 is 9.32 Å². The number of likely N-dealkylation sites (N-methyl/N-ethyl adjacent to an activating group) is 1. The Morgan fingerprint density at radius 3 is 2.88 bits per heavy atom. The van der Waals surface area contributed by atoms with Gasteiger partial charge in [-0.25, -0.2) is 4.98 Å². The van der Waals surface area contributed by atoms with Gasteiger partial charge in [0.2, 0.25) is 11.8 Å². The third kappa shape index (κ3) is 3.55. The smallest absolute Gasteiger partial charge is 0.245 e. The highest BCUT2D eigenvalue weighted by Gasteiger charge is 2.23. The van der Waals surface area contributed by atoms with Gasteiger partial charge >= 0.3 is 0 Å². The van der Waals surface area contributed by atoms with Crippen molar-refractivity contribution in [1.29, 1.82) is 0 Å². The molecule has 0 unspecified atom stereocenters. The zero-order valence-corrected chi connectivity index (χ0v) is 14.8. The van der Waals surface area contributed by atoms with Gasteiger partial charge < -0.3 is 14.0 Å². The number of amides is 1. The van der Waals surface area contributed by atoms with Gasteiger partial charge in [-0.05, 0) is 32.4 Å². The summed E-state index contributed by atoms with van der Waals surface area (Å²) in [5.41, 5.74) is 1.83. The van der Waals surface area contributed by atoms with E-state index in [1.54, 1.807) is 11.2 Å². The number of para-hydroxylation sites is 2. The SMILES string of the molecule is CCCc1nc(CN(CC)C(=O)[C@@H](C)n2cnc3ccccc32)no1. The first kappa shape index (κ1) is 17.1. The average Bonchev–Trinajstić information content (AvgIpc) is 3.25. The van der Waals surface area contributed by atoms with Crippen LogP contribution >= 0.6 is 0 Å². The summed E-state index contributed by atoms with van der Waals surface area (Å²) in [5, 5.41) is 3.98. The predicted molar refractivity (Wildman–Crippen MR) is 93.8 cm³/mol. The number of fused-ring (bicyclic) bond motifs is 1. The molecule has 0 N–H and O–H groups in total. The van der Waals surface area contributed by atoms with E-state index in [9.17, 15) is 4.79 Å². The van der Waals surface area contributed by atoms with Gasteiger partial charge in [-0.1, -0.05) is 24.2 Å². The third-order valence-corrected chi connectivity index (χ3v) is 4.26. The van der Waals surface area contributed by atoms with E-state index in [1.165, 1.54) is 0 Å². The lowest BCUT2D eigenvalue weighted by Crippen LogP contribution is -2.35. The number of nitrogens with zero attached hydrogens (tertiary/aromatic N) is 5. The minimum absolute atomic E-state index is 0.00694. The Morgan fingerprint density at radius 1 is 1.32 bits per heavy atom. The van der Waals surface area contributed by atoms with Crippen LogP contribution in [0.1, 0.15) is 44.9 Å². The predicted octanol–water partition coefficient (Wildman–Crippen LogP) is 2.98. The number of aromatic nitrogens is 4. The summed E-state index contributed by atoms with van der Waals surface area (Å²) < 4.78 is 7.11. The minimum atomic E-state index is -0.352. The van der Waals surface area contributed by atoms with Gasteiger partial charge in [0, 0.05) is 13.0 Å². The van der Waals surface area contributed by atoms with Crippen molar-refractivity contribution in [3.63, 3.8) is 0 Å². The van der Waals surface area contributed by atoms with Gasteiger partial charge in [-0.15, -0.1) is 0 Å². The molecule has 0 saturated heterocycles. The monoisotopic (exact) mass is 341 g/mol. The van der Waals surface area contributed by atoms with Crippen LogP contribution in [0.2, 0.25) is 0 Å². The quantitative estimate of drug-likeness (QED) is 0.660. The van der Waals surface area contributed by atoms with Crippen LogP contribution < -0.4 is 0 Å². The van der Waals surface area contributed by atoms with Crippen LogP contribution in [0.4, 0.5) is 0 Å². The van der Waals surface area contributed by atoms with Gasteiger partial charge in [-0.3, -0.25) is 4.79 Å². The molecule has 0 saturated carbocycles. The van der Waals surface area contributed by atoms with Crippen LogP contribution in [-0.4, -0.2) is 37.0 Å². The normalized spacial score (nSPS) is 12.4. The molecule has 0 aliphatic rings. The van der Waals surface area contributed by atoms with E-state index in [-0.39, 0.29) is 11.9 Å². The maximum Gasteiger partial charge on any atom is 0.245 e. The maximum atomic E-state index is 12.9. The molecule has 0 radical (unpaired) electrons. The molecule has 0 fully saturated rings. The first-order chi connectivity index (χ1) is 12.1. The summed E-state index contributed by atoms with van der Waals surface area (Å²) in [4.78, 5) is 23.4. The molecule has 25 heavy (non-hydrogen) atoms. The molecule has 0 aliphatic heterocycles. The van der Waals surface area contributed by atoms with E-state index in [0.29, 0.717) is 24.8 Å². The second-order valence-corrected chi connectivity index (χ2v) is 6.02. The molecule has 1 amide bonds. The van der Waals surface area contributed by atoms with Crippen LogP contribution in [0.25, 0.3) is 11.0 Å². The van der Waals surface area contributed by atoms with Gasteiger partial charge in [0.15, 0.2) is 5.82 Å². The third-order valence-electron chi connectivity index (χ3n) is 4.26. The number of benzene rings is 1. The van der Waals surface area contributed by atoms with Gasteiger partial charge in [-0.2, -0.15) is 4.98 Å². The molecule has 3 rings (SSSR count). The van der Waals surface area contributed by atoms with Crippen molar-refractivity contribution in [2.75, 3.05) is 6.54 Å². The molecule has 2 heterocycles. The van der Waals surface area contributed by atoms with Gasteiger partial charge in [0.25, 0.3) is 0 Å². The van der Waals surface area contributed by atoms with Crippen LogP contribution in [0.3, 0.4) is 0 Å². The van der Waals surface area contributed by atoms with E-state index >= 15 is 0 Å². The Labute approximate surface area is 146 Å². The molecule has 0 aliphatic carbocycles. The van der Waals surface area contributed by atoms with Crippen molar-refractivity contribution in [3.8, 4) is 0 Å². The number of carbonyl (C=O) groups is 1. The maximum absolute atomic E-state index is 12.9. The molecule has 7 heteroatoms. The Kier molecular flexibility index (Phi) is 5.11. The number of aryl methyl sites for hydroxylation is 1. The highest BCUT2D eigenvalue weighted by atomic mass is 16.5. The van der Waals surface area contributed by atoms with Crippen molar-refractivity contribution >= 4 is 16.9 Å². The van der Waals surface area contributed by atoms with E-state index in [2.05, 4.69) is 22.0 Å². The van der Waals surface area contributed by atoms with E-state index < -0.39 is 0 Å². The Balaban J connectivity index is 1.76. The fourth-order valence-corrected chi connectivity index (χ4v) is 2.86. The Morgan fingerprint density at radius 2 is 2.12 bits per heavy atom. The molecule has 132 valence electrons. The van der Waals surface area contributed by atoms with Crippen LogP contribution in [0.15, 0.2) is 35.1 Å². The van der Waals surface area contributed by atoms with E-state index in [4.69, 9.17) is 4.52 Å². The molecule has 0 bridgehead atoms. The lowest BCUT2D eigenvalue weighted by molar-refractivity contribution is -0.134. The van der Waals surface area contributed by atoms with Crippen LogP contribution in [-0.2, 0) is 17.8 Å². The van der Waals surface area contributed by atoms with Crippen molar-refractivity contribution in [2.24, 2.45) is 0 Å². The second kappa shape index (κ2) is 7.46. The van der Waals surface area contributed by atoms with Crippen LogP contribution in [0.5, 0.6) is 0 Å². The molecule has 3 aromatic rings. The standard InChI is InChI=1S/C18H23N5O2/c1-4-8-17-20-16(21-25-17)11-22(5-2)18(24)13(3)23-12-19-14-9-6-7-10-15(14)23/h6-7,9-10,12-13H,4-5,8,11H2,1-3H3/t13-/m1/s1. The summed E-state index contributed by atoms with van der Waals surface area (Å²) in [6.07, 6.45) is 3.42. The zero-order valence-electron chi connectivity index (χ0n) is 14.8. The van der Waals surface area contributed by atoms with Gasteiger partial charge in [0.05, 0.1) is 23.9 Å². The van der Waals surface area contributed by atoms with E-state index in [0.717, 1.165) is 23.9 Å². The summed E-state index contributed by atoms with van der Waals surface area (Å²) in [6, 6.07) is 7.45. The number of rotatable bonds is 7. The van der Waals surface area contributed by atoms with Crippen molar-refractivity contribution in [1.82, 2.24) is 24.6 Å². The molecular weight excluding hydrogens is 318 g/mol. The fourth-order valence-electron chi connectivity index (χ4n) is 2.86. The molecule has 0 spiro atoms.